The Morgan fingerprint density at radius 1 is 1.16 bits per heavy atom. The Morgan fingerprint density at radius 3 is 2.60 bits per heavy atom. The number of carboxylic acids is 1. The molecule has 0 aliphatic heterocycles. The van der Waals surface area contributed by atoms with Crippen LogP contribution in [-0.4, -0.2) is 44.7 Å². The van der Waals surface area contributed by atoms with E-state index in [-0.39, 0.29) is 18.3 Å². The molecule has 0 heterocycles. The average Bonchev–Trinajstić information content (AvgIpc) is 2.82. The maximum absolute atomic E-state index is 10.5. The molecular formula is C20H34O5. The number of hydrogen-bond donors (Lipinski definition) is 4. The lowest BCUT2D eigenvalue weighted by Gasteiger charge is -2.19. The summed E-state index contributed by atoms with van der Waals surface area (Å²) in [5, 5.41) is 39.0. The molecule has 144 valence electrons. The van der Waals surface area contributed by atoms with Gasteiger partial charge in [0.05, 0.1) is 18.3 Å². The van der Waals surface area contributed by atoms with Crippen LogP contribution in [0.15, 0.2) is 24.3 Å². The van der Waals surface area contributed by atoms with Crippen LogP contribution in [0.1, 0.15) is 64.7 Å². The van der Waals surface area contributed by atoms with Gasteiger partial charge in [0.25, 0.3) is 0 Å². The molecule has 5 atom stereocenters. The standard InChI is InChI=1S/C20H34O5/c1-2-3-6-9-15(21)12-13-17-16(18(22)14-19(17)23)10-7-4-5-8-11-20(24)25/h4,7,12-13,15-19,21-23H,2-3,5-6,8-11,14H2,1H3,(H,24,25)/b7-4-,13-12+/t15?,16-,17?,18?,19?/m0/s1. The highest BCUT2D eigenvalue weighted by atomic mass is 16.4. The first-order chi connectivity index (χ1) is 12.0. The quantitative estimate of drug-likeness (QED) is 0.319. The predicted molar refractivity (Wildman–Crippen MR) is 98.1 cm³/mol. The summed E-state index contributed by atoms with van der Waals surface area (Å²) in [6.45, 7) is 2.12. The molecular weight excluding hydrogens is 320 g/mol. The zero-order valence-electron chi connectivity index (χ0n) is 15.3. The molecule has 25 heavy (non-hydrogen) atoms. The number of aliphatic hydroxyl groups is 3. The molecule has 1 fully saturated rings. The molecule has 1 saturated carbocycles. The number of aliphatic hydroxyl groups excluding tert-OH is 3. The van der Waals surface area contributed by atoms with Crippen molar-refractivity contribution in [3.05, 3.63) is 24.3 Å². The zero-order chi connectivity index (χ0) is 18.7. The molecule has 1 aliphatic carbocycles. The van der Waals surface area contributed by atoms with E-state index in [1.807, 2.05) is 18.2 Å². The zero-order valence-corrected chi connectivity index (χ0v) is 15.3. The molecule has 1 aliphatic rings. The van der Waals surface area contributed by atoms with Gasteiger partial charge in [-0.05, 0) is 31.6 Å². The maximum Gasteiger partial charge on any atom is 0.303 e. The fourth-order valence-electron chi connectivity index (χ4n) is 3.41. The van der Waals surface area contributed by atoms with E-state index in [9.17, 15) is 20.1 Å². The molecule has 0 aromatic heterocycles. The van der Waals surface area contributed by atoms with Crippen molar-refractivity contribution >= 4 is 5.97 Å². The first kappa shape index (κ1) is 21.9. The summed E-state index contributed by atoms with van der Waals surface area (Å²) in [7, 11) is 0. The minimum atomic E-state index is -0.787. The van der Waals surface area contributed by atoms with Gasteiger partial charge in [-0.25, -0.2) is 0 Å². The highest BCUT2D eigenvalue weighted by Gasteiger charge is 2.39. The predicted octanol–water partition coefficient (Wildman–Crippen LogP) is 3.04. The Morgan fingerprint density at radius 2 is 1.92 bits per heavy atom. The van der Waals surface area contributed by atoms with Crippen molar-refractivity contribution in [2.45, 2.75) is 83.0 Å². The highest BCUT2D eigenvalue weighted by molar-refractivity contribution is 5.66. The van der Waals surface area contributed by atoms with Gasteiger partial charge in [0.2, 0.25) is 0 Å². The van der Waals surface area contributed by atoms with Crippen molar-refractivity contribution < 1.29 is 25.2 Å². The fourth-order valence-corrected chi connectivity index (χ4v) is 3.41. The molecule has 5 nitrogen and oxygen atoms in total. The van der Waals surface area contributed by atoms with Crippen molar-refractivity contribution in [1.29, 1.82) is 0 Å². The Labute approximate surface area is 151 Å². The Hall–Kier alpha value is -1.17. The molecule has 0 radical (unpaired) electrons. The largest absolute Gasteiger partial charge is 0.481 e. The molecule has 1 rings (SSSR count). The van der Waals surface area contributed by atoms with Crippen LogP contribution in [0.5, 0.6) is 0 Å². The van der Waals surface area contributed by atoms with Crippen LogP contribution in [0, 0.1) is 11.8 Å². The number of unbranched alkanes of at least 4 members (excludes halogenated alkanes) is 3. The Balaban J connectivity index is 2.46. The van der Waals surface area contributed by atoms with E-state index in [1.165, 1.54) is 0 Å². The van der Waals surface area contributed by atoms with Gasteiger partial charge in [-0.3, -0.25) is 4.79 Å². The third-order valence-electron chi connectivity index (χ3n) is 4.91. The van der Waals surface area contributed by atoms with Gasteiger partial charge >= 0.3 is 5.97 Å². The van der Waals surface area contributed by atoms with Crippen molar-refractivity contribution in [3.63, 3.8) is 0 Å². The minimum Gasteiger partial charge on any atom is -0.481 e. The molecule has 5 heteroatoms. The van der Waals surface area contributed by atoms with Crippen LogP contribution in [0.3, 0.4) is 0 Å². The summed E-state index contributed by atoms with van der Waals surface area (Å²) in [6.07, 6.45) is 12.3. The van der Waals surface area contributed by atoms with Crippen LogP contribution >= 0.6 is 0 Å². The van der Waals surface area contributed by atoms with Gasteiger partial charge < -0.3 is 20.4 Å². The summed E-state index contributed by atoms with van der Waals surface area (Å²) in [4.78, 5) is 10.5. The van der Waals surface area contributed by atoms with Crippen molar-refractivity contribution in [2.24, 2.45) is 11.8 Å². The van der Waals surface area contributed by atoms with E-state index >= 15 is 0 Å². The Kier molecular flexibility index (Phi) is 10.7. The second-order valence-electron chi connectivity index (χ2n) is 7.05. The number of carboxylic acid groups (broad SMARTS) is 1. The van der Waals surface area contributed by atoms with Gasteiger partial charge in [-0.1, -0.05) is 50.5 Å². The summed E-state index contributed by atoms with van der Waals surface area (Å²) in [5.41, 5.74) is 0. The van der Waals surface area contributed by atoms with Gasteiger partial charge in [-0.2, -0.15) is 0 Å². The van der Waals surface area contributed by atoms with E-state index < -0.39 is 24.3 Å². The topological polar surface area (TPSA) is 98.0 Å². The van der Waals surface area contributed by atoms with Gasteiger partial charge in [-0.15, -0.1) is 0 Å². The van der Waals surface area contributed by atoms with Crippen LogP contribution in [0.4, 0.5) is 0 Å². The minimum absolute atomic E-state index is 0.0650. The Bertz CT molecular complexity index is 432. The number of allylic oxidation sites excluding steroid dienone is 2. The molecule has 0 spiro atoms. The molecule has 4 N–H and O–H groups in total. The van der Waals surface area contributed by atoms with E-state index in [1.54, 1.807) is 6.08 Å². The average molecular weight is 354 g/mol. The van der Waals surface area contributed by atoms with Gasteiger partial charge in [0.1, 0.15) is 0 Å². The van der Waals surface area contributed by atoms with E-state index in [2.05, 4.69) is 6.92 Å². The van der Waals surface area contributed by atoms with Crippen molar-refractivity contribution in [2.75, 3.05) is 0 Å². The third-order valence-corrected chi connectivity index (χ3v) is 4.91. The molecule has 0 amide bonds. The third kappa shape index (κ3) is 8.66. The lowest BCUT2D eigenvalue weighted by atomic mass is 9.89. The normalized spacial score (nSPS) is 28.2. The monoisotopic (exact) mass is 354 g/mol. The lowest BCUT2D eigenvalue weighted by molar-refractivity contribution is -0.137. The van der Waals surface area contributed by atoms with Gasteiger partial charge in [0.15, 0.2) is 0 Å². The molecule has 0 bridgehead atoms. The second kappa shape index (κ2) is 12.2. The number of aliphatic carboxylic acids is 1. The smallest absolute Gasteiger partial charge is 0.303 e. The maximum atomic E-state index is 10.5. The lowest BCUT2D eigenvalue weighted by Crippen LogP contribution is -2.20. The van der Waals surface area contributed by atoms with Crippen LogP contribution in [0.2, 0.25) is 0 Å². The van der Waals surface area contributed by atoms with Crippen molar-refractivity contribution in [3.8, 4) is 0 Å². The molecule has 4 unspecified atom stereocenters. The van der Waals surface area contributed by atoms with E-state index in [0.717, 1.165) is 25.7 Å². The second-order valence-corrected chi connectivity index (χ2v) is 7.05. The van der Waals surface area contributed by atoms with Crippen LogP contribution in [0.25, 0.3) is 0 Å². The van der Waals surface area contributed by atoms with E-state index in [0.29, 0.717) is 25.7 Å². The number of rotatable bonds is 12. The van der Waals surface area contributed by atoms with Gasteiger partial charge in [0, 0.05) is 18.8 Å². The van der Waals surface area contributed by atoms with E-state index in [4.69, 9.17) is 5.11 Å². The van der Waals surface area contributed by atoms with Crippen LogP contribution in [-0.2, 0) is 4.79 Å². The first-order valence-electron chi connectivity index (χ1n) is 9.55. The van der Waals surface area contributed by atoms with Crippen LogP contribution < -0.4 is 0 Å². The summed E-state index contributed by atoms with van der Waals surface area (Å²) in [5.74, 6) is -1.00. The molecule has 0 aromatic carbocycles. The first-order valence-corrected chi connectivity index (χ1v) is 9.55. The summed E-state index contributed by atoms with van der Waals surface area (Å²) >= 11 is 0. The number of carbonyl (C=O) groups is 1. The fraction of sp³-hybridized carbons (Fsp3) is 0.750. The summed E-state index contributed by atoms with van der Waals surface area (Å²) < 4.78 is 0. The number of hydrogen-bond acceptors (Lipinski definition) is 4. The highest BCUT2D eigenvalue weighted by Crippen LogP contribution is 2.36. The molecule has 0 aromatic rings. The van der Waals surface area contributed by atoms with Crippen molar-refractivity contribution in [1.82, 2.24) is 0 Å². The molecule has 0 saturated heterocycles. The SMILES string of the molecule is CCCCCC(O)/C=C/C1C(O)CC(O)[C@H]1C/C=C\CCCC(=O)O. The summed E-state index contributed by atoms with van der Waals surface area (Å²) in [6, 6.07) is 0.